The predicted molar refractivity (Wildman–Crippen MR) is 130 cm³/mol. The minimum atomic E-state index is -0.511. The molecule has 0 saturated heterocycles. The number of fused-ring (bicyclic) bond motifs is 1. The molecule has 1 N–H and O–H groups in total. The molecule has 2 heterocycles. The molecule has 9 nitrogen and oxygen atoms in total. The number of aromatic nitrogens is 4. The second-order valence-corrected chi connectivity index (χ2v) is 8.24. The highest BCUT2D eigenvalue weighted by molar-refractivity contribution is 6.30. The maximum Gasteiger partial charge on any atom is 0.332 e. The quantitative estimate of drug-likeness (QED) is 0.390. The van der Waals surface area contributed by atoms with Gasteiger partial charge in [0.2, 0.25) is 0 Å². The van der Waals surface area contributed by atoms with Crippen LogP contribution in [0.3, 0.4) is 0 Å². The number of ether oxygens (including phenoxy) is 1. The van der Waals surface area contributed by atoms with E-state index < -0.39 is 11.7 Å². The Kier molecular flexibility index (Phi) is 6.70. The van der Waals surface area contributed by atoms with E-state index in [-0.39, 0.29) is 5.56 Å². The highest BCUT2D eigenvalue weighted by Crippen LogP contribution is 2.23. The van der Waals surface area contributed by atoms with Gasteiger partial charge in [-0.05, 0) is 48.4 Å². The first-order valence-electron chi connectivity index (χ1n) is 10.6. The normalized spacial score (nSPS) is 11.8. The topological polar surface area (TPSA) is 107 Å². The molecule has 0 aliphatic carbocycles. The second kappa shape index (κ2) is 9.85. The Balaban J connectivity index is 1.35. The Labute approximate surface area is 200 Å². The van der Waals surface area contributed by atoms with E-state index in [0.29, 0.717) is 41.5 Å². The number of anilines is 1. The highest BCUT2D eigenvalue weighted by atomic mass is 35.5. The molecule has 0 fully saturated rings. The van der Waals surface area contributed by atoms with E-state index in [4.69, 9.17) is 16.3 Å². The molecule has 0 radical (unpaired) electrons. The van der Waals surface area contributed by atoms with E-state index in [1.165, 1.54) is 11.6 Å². The highest BCUT2D eigenvalue weighted by Gasteiger charge is 2.14. The van der Waals surface area contributed by atoms with Crippen LogP contribution in [0.15, 0.2) is 64.4 Å². The van der Waals surface area contributed by atoms with Crippen molar-refractivity contribution >= 4 is 28.5 Å². The third-order valence-electron chi connectivity index (χ3n) is 5.53. The van der Waals surface area contributed by atoms with E-state index in [2.05, 4.69) is 16.4 Å². The zero-order valence-electron chi connectivity index (χ0n) is 18.7. The molecule has 34 heavy (non-hydrogen) atoms. The molecule has 1 atom stereocenters. The lowest BCUT2D eigenvalue weighted by Gasteiger charge is -2.14. The van der Waals surface area contributed by atoms with Gasteiger partial charge in [-0.15, -0.1) is 0 Å². The molecule has 0 spiro atoms. The number of nitrogens with zero attached hydrogens (tertiary/aromatic N) is 5. The van der Waals surface area contributed by atoms with Gasteiger partial charge < -0.3 is 14.6 Å². The van der Waals surface area contributed by atoms with Crippen molar-refractivity contribution in [3.8, 4) is 11.8 Å². The molecule has 0 saturated carbocycles. The summed E-state index contributed by atoms with van der Waals surface area (Å²) < 4.78 is 10.0. The molecule has 4 aromatic rings. The lowest BCUT2D eigenvalue weighted by atomic mass is 10.1. The molecule has 1 unspecified atom stereocenters. The van der Waals surface area contributed by atoms with Crippen LogP contribution in [0, 0.1) is 11.3 Å². The van der Waals surface area contributed by atoms with Crippen molar-refractivity contribution in [1.29, 1.82) is 5.26 Å². The van der Waals surface area contributed by atoms with Crippen molar-refractivity contribution in [1.82, 2.24) is 18.7 Å². The van der Waals surface area contributed by atoms with Gasteiger partial charge in [-0.1, -0.05) is 23.7 Å². The molecule has 174 valence electrons. The number of aryl methyl sites for hydroxylation is 2. The van der Waals surface area contributed by atoms with Crippen molar-refractivity contribution in [2.75, 3.05) is 11.9 Å². The summed E-state index contributed by atoms with van der Waals surface area (Å²) in [4.78, 5) is 28.8. The first-order chi connectivity index (χ1) is 16.4. The fourth-order valence-corrected chi connectivity index (χ4v) is 3.78. The van der Waals surface area contributed by atoms with Crippen molar-refractivity contribution in [3.63, 3.8) is 0 Å². The summed E-state index contributed by atoms with van der Waals surface area (Å²) >= 11 is 5.91. The number of hydrogen-bond acceptors (Lipinski definition) is 6. The summed E-state index contributed by atoms with van der Waals surface area (Å²) in [6.45, 7) is 0.944. The van der Waals surface area contributed by atoms with Gasteiger partial charge in [0.05, 0.1) is 19.0 Å². The van der Waals surface area contributed by atoms with Crippen molar-refractivity contribution in [2.45, 2.75) is 19.0 Å². The van der Waals surface area contributed by atoms with Gasteiger partial charge in [0.25, 0.3) is 5.56 Å². The van der Waals surface area contributed by atoms with Crippen LogP contribution >= 0.6 is 11.6 Å². The molecule has 0 aliphatic heterocycles. The van der Waals surface area contributed by atoms with Crippen LogP contribution in [0.25, 0.3) is 11.2 Å². The van der Waals surface area contributed by atoms with Crippen LogP contribution in [0.2, 0.25) is 5.02 Å². The van der Waals surface area contributed by atoms with E-state index in [0.717, 1.165) is 15.8 Å². The van der Waals surface area contributed by atoms with Crippen molar-refractivity contribution in [3.05, 3.63) is 86.3 Å². The third kappa shape index (κ3) is 4.67. The summed E-state index contributed by atoms with van der Waals surface area (Å²) in [5, 5.41) is 13.4. The van der Waals surface area contributed by atoms with Crippen LogP contribution in [-0.4, -0.2) is 25.3 Å². The Bertz CT molecular complexity index is 1460. The number of nitriles is 1. The summed E-state index contributed by atoms with van der Waals surface area (Å²) in [6.07, 6.45) is 2.20. The van der Waals surface area contributed by atoms with Gasteiger partial charge in [0.1, 0.15) is 11.8 Å². The van der Waals surface area contributed by atoms with Crippen LogP contribution in [0.4, 0.5) is 5.69 Å². The lowest BCUT2D eigenvalue weighted by Crippen LogP contribution is -2.37. The molecule has 0 aliphatic rings. The molecular formula is C24H23ClN6O3. The standard InChI is InChI=1S/C24H23ClN6O3/c1-29-22-21(23(32)30(2)24(29)33)31(15-27-22)12-3-13-34-19-10-4-16(5-11-19)20(14-26)28-18-8-6-17(25)7-9-18/h4-11,15,20,28H,3,12-13H2,1-2H3. The van der Waals surface area contributed by atoms with Crippen LogP contribution in [0.5, 0.6) is 5.75 Å². The fourth-order valence-electron chi connectivity index (χ4n) is 3.65. The largest absolute Gasteiger partial charge is 0.494 e. The zero-order chi connectivity index (χ0) is 24.2. The minimum absolute atomic E-state index is 0.365. The molecule has 4 rings (SSSR count). The van der Waals surface area contributed by atoms with E-state index in [1.54, 1.807) is 30.1 Å². The zero-order valence-corrected chi connectivity index (χ0v) is 19.5. The average molecular weight is 479 g/mol. The van der Waals surface area contributed by atoms with Gasteiger partial charge in [0, 0.05) is 31.4 Å². The second-order valence-electron chi connectivity index (χ2n) is 7.80. The Hall–Kier alpha value is -4.03. The maximum absolute atomic E-state index is 12.5. The molecule has 10 heteroatoms. The average Bonchev–Trinajstić information content (AvgIpc) is 3.28. The first kappa shape index (κ1) is 23.1. The van der Waals surface area contributed by atoms with Gasteiger partial charge in [-0.2, -0.15) is 5.26 Å². The number of halogens is 1. The van der Waals surface area contributed by atoms with E-state index in [1.807, 2.05) is 36.4 Å². The molecule has 2 aromatic carbocycles. The van der Waals surface area contributed by atoms with Gasteiger partial charge in [-0.3, -0.25) is 13.9 Å². The minimum Gasteiger partial charge on any atom is -0.494 e. The predicted octanol–water partition coefficient (Wildman–Crippen LogP) is 3.23. The summed E-state index contributed by atoms with van der Waals surface area (Å²) in [5.74, 6) is 0.681. The van der Waals surface area contributed by atoms with Gasteiger partial charge in [-0.25, -0.2) is 9.78 Å². The van der Waals surface area contributed by atoms with Crippen LogP contribution in [-0.2, 0) is 20.6 Å². The van der Waals surface area contributed by atoms with Crippen molar-refractivity contribution < 1.29 is 4.74 Å². The van der Waals surface area contributed by atoms with Crippen molar-refractivity contribution in [2.24, 2.45) is 14.1 Å². The first-order valence-corrected chi connectivity index (χ1v) is 11.0. The smallest absolute Gasteiger partial charge is 0.332 e. The number of rotatable bonds is 8. The molecule has 0 bridgehead atoms. The third-order valence-corrected chi connectivity index (χ3v) is 5.78. The Morgan fingerprint density at radius 2 is 1.79 bits per heavy atom. The van der Waals surface area contributed by atoms with Crippen LogP contribution < -0.4 is 21.3 Å². The summed E-state index contributed by atoms with van der Waals surface area (Å²) in [6, 6.07) is 16.3. The van der Waals surface area contributed by atoms with E-state index >= 15 is 0 Å². The van der Waals surface area contributed by atoms with Gasteiger partial charge >= 0.3 is 5.69 Å². The molecule has 2 aromatic heterocycles. The maximum atomic E-state index is 12.5. The summed E-state index contributed by atoms with van der Waals surface area (Å²) in [7, 11) is 3.05. The molecular weight excluding hydrogens is 456 g/mol. The number of nitrogens with one attached hydrogen (secondary N) is 1. The SMILES string of the molecule is Cn1c(=O)c2c(ncn2CCCOc2ccc(C(C#N)Nc3ccc(Cl)cc3)cc2)n(C)c1=O. The number of hydrogen-bond donors (Lipinski definition) is 1. The Morgan fingerprint density at radius 1 is 1.09 bits per heavy atom. The lowest BCUT2D eigenvalue weighted by molar-refractivity contribution is 0.302. The van der Waals surface area contributed by atoms with E-state index in [9.17, 15) is 14.9 Å². The molecule has 0 amide bonds. The monoisotopic (exact) mass is 478 g/mol. The summed E-state index contributed by atoms with van der Waals surface area (Å²) in [5.41, 5.74) is 1.60. The number of benzene rings is 2. The number of imidazole rings is 1. The van der Waals surface area contributed by atoms with Crippen LogP contribution in [0.1, 0.15) is 18.0 Å². The fraction of sp³-hybridized carbons (Fsp3) is 0.250. The van der Waals surface area contributed by atoms with Gasteiger partial charge in [0.15, 0.2) is 11.2 Å². The Morgan fingerprint density at radius 3 is 2.47 bits per heavy atom.